The maximum Gasteiger partial charge on any atom is 0.330 e. The predicted octanol–water partition coefficient (Wildman–Crippen LogP) is 1.71. The third kappa shape index (κ3) is 3.25. The van der Waals surface area contributed by atoms with Crippen LogP contribution >= 0.6 is 0 Å². The molecule has 17 heavy (non-hydrogen) atoms. The molecular formula is C11H14F2O4. The maximum absolute atomic E-state index is 11.7. The molecule has 96 valence electrons. The Balaban J connectivity index is 2.45. The van der Waals surface area contributed by atoms with E-state index in [0.29, 0.717) is 0 Å². The van der Waals surface area contributed by atoms with Gasteiger partial charge in [-0.25, -0.2) is 13.6 Å². The van der Waals surface area contributed by atoms with Gasteiger partial charge in [-0.2, -0.15) is 0 Å². The molecule has 0 unspecified atom stereocenters. The number of ether oxygens (including phenoxy) is 1. The topological polar surface area (TPSA) is 63.6 Å². The number of allylic oxidation sites excluding steroid dienone is 1. The fraction of sp³-hybridized carbons (Fsp3) is 0.636. The van der Waals surface area contributed by atoms with E-state index >= 15 is 0 Å². The average molecular weight is 248 g/mol. The van der Waals surface area contributed by atoms with Crippen molar-refractivity contribution >= 4 is 11.9 Å². The number of alkyl halides is 2. The van der Waals surface area contributed by atoms with E-state index in [1.807, 2.05) is 0 Å². The van der Waals surface area contributed by atoms with Crippen LogP contribution in [0.3, 0.4) is 0 Å². The first-order chi connectivity index (χ1) is 7.76. The molecule has 1 rings (SSSR count). The highest BCUT2D eigenvalue weighted by Crippen LogP contribution is 2.58. The van der Waals surface area contributed by atoms with Crippen LogP contribution in [0, 0.1) is 17.3 Å². The third-order valence-electron chi connectivity index (χ3n) is 2.97. The summed E-state index contributed by atoms with van der Waals surface area (Å²) in [6, 6.07) is 0. The van der Waals surface area contributed by atoms with Gasteiger partial charge in [0, 0.05) is 6.08 Å². The molecular weight excluding hydrogens is 234 g/mol. The number of aliphatic carboxylic acids is 1. The van der Waals surface area contributed by atoms with Gasteiger partial charge in [-0.1, -0.05) is 19.9 Å². The summed E-state index contributed by atoms with van der Waals surface area (Å²) in [5.41, 5.74) is -0.411. The number of carboxylic acids is 1. The predicted molar refractivity (Wildman–Crippen MR) is 54.5 cm³/mol. The van der Waals surface area contributed by atoms with E-state index in [2.05, 4.69) is 4.74 Å². The lowest BCUT2D eigenvalue weighted by molar-refractivity contribution is -0.142. The van der Waals surface area contributed by atoms with Gasteiger partial charge in [0.1, 0.15) is 0 Å². The van der Waals surface area contributed by atoms with Crippen LogP contribution in [-0.4, -0.2) is 30.1 Å². The molecule has 2 atom stereocenters. The minimum atomic E-state index is -2.70. The zero-order valence-corrected chi connectivity index (χ0v) is 9.52. The van der Waals surface area contributed by atoms with Gasteiger partial charge < -0.3 is 9.84 Å². The first-order valence-corrected chi connectivity index (χ1v) is 5.12. The van der Waals surface area contributed by atoms with Crippen LogP contribution in [0.2, 0.25) is 0 Å². The maximum atomic E-state index is 11.7. The Hall–Kier alpha value is -1.46. The third-order valence-corrected chi connectivity index (χ3v) is 2.97. The van der Waals surface area contributed by atoms with Gasteiger partial charge in [0.05, 0.1) is 5.92 Å². The molecule has 1 fully saturated rings. The molecule has 1 N–H and O–H groups in total. The molecule has 0 aromatic carbocycles. The van der Waals surface area contributed by atoms with Crippen molar-refractivity contribution < 1.29 is 28.2 Å². The highest BCUT2D eigenvalue weighted by atomic mass is 19.3. The standard InChI is InChI=1S/C11H14F2O4/c1-11(2)6(9(11)10(15)16)3-4-8(14)17-5-7(12)13/h3-4,6-7,9H,5H2,1-2H3,(H,15,16)/b4-3-/t6-,9-/m0/s1. The molecule has 4 nitrogen and oxygen atoms in total. The van der Waals surface area contributed by atoms with E-state index in [0.717, 1.165) is 6.08 Å². The quantitative estimate of drug-likeness (QED) is 0.594. The summed E-state index contributed by atoms with van der Waals surface area (Å²) in [6.45, 7) is 2.59. The highest BCUT2D eigenvalue weighted by Gasteiger charge is 2.60. The van der Waals surface area contributed by atoms with Crippen molar-refractivity contribution in [1.82, 2.24) is 0 Å². The van der Waals surface area contributed by atoms with Crippen molar-refractivity contribution in [3.8, 4) is 0 Å². The van der Waals surface area contributed by atoms with Gasteiger partial charge in [-0.3, -0.25) is 4.79 Å². The molecule has 0 aromatic heterocycles. The summed E-state index contributed by atoms with van der Waals surface area (Å²) in [4.78, 5) is 21.8. The Morgan fingerprint density at radius 2 is 2.06 bits per heavy atom. The van der Waals surface area contributed by atoms with Gasteiger partial charge in [-0.05, 0) is 11.3 Å². The molecule has 6 heteroatoms. The monoisotopic (exact) mass is 248 g/mol. The zero-order valence-electron chi connectivity index (χ0n) is 9.52. The van der Waals surface area contributed by atoms with Crippen LogP contribution in [0.25, 0.3) is 0 Å². The van der Waals surface area contributed by atoms with E-state index in [1.165, 1.54) is 6.08 Å². The van der Waals surface area contributed by atoms with Gasteiger partial charge in [0.25, 0.3) is 6.43 Å². The lowest BCUT2D eigenvalue weighted by atomic mass is 10.1. The first-order valence-electron chi connectivity index (χ1n) is 5.12. The van der Waals surface area contributed by atoms with Crippen LogP contribution in [0.15, 0.2) is 12.2 Å². The lowest BCUT2D eigenvalue weighted by Crippen LogP contribution is -2.09. The lowest BCUT2D eigenvalue weighted by Gasteiger charge is -1.99. The molecule has 0 aliphatic heterocycles. The largest absolute Gasteiger partial charge is 0.481 e. The molecule has 0 heterocycles. The second-order valence-electron chi connectivity index (χ2n) is 4.54. The van der Waals surface area contributed by atoms with Crippen LogP contribution in [0.5, 0.6) is 0 Å². The normalized spacial score (nSPS) is 26.2. The van der Waals surface area contributed by atoms with Crippen LogP contribution in [0.1, 0.15) is 13.8 Å². The molecule has 0 spiro atoms. The molecule has 1 aliphatic rings. The van der Waals surface area contributed by atoms with Crippen LogP contribution < -0.4 is 0 Å². The number of hydrogen-bond acceptors (Lipinski definition) is 3. The smallest absolute Gasteiger partial charge is 0.330 e. The van der Waals surface area contributed by atoms with E-state index in [1.54, 1.807) is 13.8 Å². The Bertz CT molecular complexity index is 349. The van der Waals surface area contributed by atoms with Gasteiger partial charge in [-0.15, -0.1) is 0 Å². The molecule has 0 amide bonds. The molecule has 1 aliphatic carbocycles. The summed E-state index contributed by atoms with van der Waals surface area (Å²) in [5.74, 6) is -2.61. The first kappa shape index (κ1) is 13.6. The second-order valence-corrected chi connectivity index (χ2v) is 4.54. The minimum absolute atomic E-state index is 0.265. The summed E-state index contributed by atoms with van der Waals surface area (Å²) < 4.78 is 27.7. The number of carboxylic acid groups (broad SMARTS) is 1. The fourth-order valence-electron chi connectivity index (χ4n) is 1.88. The molecule has 0 radical (unpaired) electrons. The summed E-state index contributed by atoms with van der Waals surface area (Å²) >= 11 is 0. The van der Waals surface area contributed by atoms with Crippen molar-refractivity contribution in [2.24, 2.45) is 17.3 Å². The molecule has 1 saturated carbocycles. The fourth-order valence-corrected chi connectivity index (χ4v) is 1.88. The summed E-state index contributed by atoms with van der Waals surface area (Å²) in [6.07, 6.45) is -0.277. The van der Waals surface area contributed by atoms with E-state index in [9.17, 15) is 18.4 Å². The average Bonchev–Trinajstić information content (AvgIpc) is 2.74. The van der Waals surface area contributed by atoms with Crippen molar-refractivity contribution in [2.75, 3.05) is 6.61 Å². The van der Waals surface area contributed by atoms with Crippen molar-refractivity contribution in [3.05, 3.63) is 12.2 Å². The number of carbonyl (C=O) groups is 2. The Morgan fingerprint density at radius 1 is 1.47 bits per heavy atom. The number of esters is 1. The SMILES string of the molecule is CC1(C)[C@H](C(=O)O)[C@@H]1/C=C\C(=O)OCC(F)F. The molecule has 0 bridgehead atoms. The molecule has 0 saturated heterocycles. The zero-order chi connectivity index (χ0) is 13.2. The van der Waals surface area contributed by atoms with Crippen molar-refractivity contribution in [3.63, 3.8) is 0 Å². The van der Waals surface area contributed by atoms with Gasteiger partial charge in [0.2, 0.25) is 0 Å². The van der Waals surface area contributed by atoms with E-state index in [-0.39, 0.29) is 5.92 Å². The van der Waals surface area contributed by atoms with Crippen molar-refractivity contribution in [1.29, 1.82) is 0 Å². The molecule has 0 aromatic rings. The summed E-state index contributed by atoms with van der Waals surface area (Å²) in [5, 5.41) is 8.85. The number of rotatable bonds is 5. The number of halogens is 2. The Morgan fingerprint density at radius 3 is 2.47 bits per heavy atom. The highest BCUT2D eigenvalue weighted by molar-refractivity contribution is 5.83. The summed E-state index contributed by atoms with van der Waals surface area (Å²) in [7, 11) is 0. The van der Waals surface area contributed by atoms with E-state index in [4.69, 9.17) is 5.11 Å². The van der Waals surface area contributed by atoms with E-state index < -0.39 is 36.3 Å². The Kier molecular flexibility index (Phi) is 3.85. The number of carbonyl (C=O) groups excluding carboxylic acids is 1. The van der Waals surface area contributed by atoms with Crippen LogP contribution in [-0.2, 0) is 14.3 Å². The second kappa shape index (κ2) is 4.81. The van der Waals surface area contributed by atoms with Gasteiger partial charge in [0.15, 0.2) is 6.61 Å². The Labute approximate surface area is 97.3 Å². The minimum Gasteiger partial charge on any atom is -0.481 e. The number of hydrogen-bond donors (Lipinski definition) is 1. The van der Waals surface area contributed by atoms with Crippen molar-refractivity contribution in [2.45, 2.75) is 20.3 Å². The van der Waals surface area contributed by atoms with Gasteiger partial charge >= 0.3 is 11.9 Å². The van der Waals surface area contributed by atoms with Crippen LogP contribution in [0.4, 0.5) is 8.78 Å².